The number of amidine groups is 1. The van der Waals surface area contributed by atoms with Crippen molar-refractivity contribution >= 4 is 34.3 Å². The number of imidazole rings is 1. The maximum Gasteiger partial charge on any atom is 0.154 e. The molecule has 1 aromatic heterocycles. The number of methoxy groups -OCH3 is 1. The first-order valence-electron chi connectivity index (χ1n) is 10.4. The zero-order valence-electron chi connectivity index (χ0n) is 18.7. The number of halogens is 1. The van der Waals surface area contributed by atoms with E-state index in [1.807, 2.05) is 73.7 Å². The molecular formula is C26H25ClN4O2. The van der Waals surface area contributed by atoms with E-state index in [-0.39, 0.29) is 5.84 Å². The summed E-state index contributed by atoms with van der Waals surface area (Å²) in [7, 11) is 3.30. The maximum atomic E-state index is 10.9. The smallest absolute Gasteiger partial charge is 0.154 e. The number of nitrogens with one attached hydrogen (secondary N) is 1. The van der Waals surface area contributed by atoms with Gasteiger partial charge in [0.2, 0.25) is 0 Å². The Morgan fingerprint density at radius 1 is 1.18 bits per heavy atom. The monoisotopic (exact) mass is 460 g/mol. The Morgan fingerprint density at radius 2 is 1.94 bits per heavy atom. The average molecular weight is 461 g/mol. The predicted molar refractivity (Wildman–Crippen MR) is 133 cm³/mol. The summed E-state index contributed by atoms with van der Waals surface area (Å²) < 4.78 is 7.31. The van der Waals surface area contributed by atoms with E-state index in [0.29, 0.717) is 10.9 Å². The Balaban J connectivity index is 1.55. The molecule has 0 fully saturated rings. The van der Waals surface area contributed by atoms with Crippen LogP contribution in [0.1, 0.15) is 23.0 Å². The molecule has 6 nitrogen and oxygen atoms in total. The SMILES string of the molecule is COc1cc(/C=C/C(=N)N(C)C(O)c2cccc3ccccc23)ccc1-n1cnc(C)c1Cl. The van der Waals surface area contributed by atoms with Crippen LogP contribution in [0.3, 0.4) is 0 Å². The Bertz CT molecular complexity index is 1340. The summed E-state index contributed by atoms with van der Waals surface area (Å²) in [6, 6.07) is 19.4. The number of hydrogen-bond donors (Lipinski definition) is 2. The van der Waals surface area contributed by atoms with Crippen molar-refractivity contribution in [3.05, 3.63) is 95.0 Å². The van der Waals surface area contributed by atoms with Gasteiger partial charge in [0.1, 0.15) is 23.1 Å². The van der Waals surface area contributed by atoms with Crippen molar-refractivity contribution in [3.63, 3.8) is 0 Å². The van der Waals surface area contributed by atoms with Crippen LogP contribution in [0.25, 0.3) is 22.5 Å². The normalized spacial score (nSPS) is 12.3. The standard InChI is InChI=1S/C26H25ClN4O2/c1-17-25(27)31(16-29-17)22-13-11-18(15-23(22)33-3)12-14-24(28)30(2)26(32)21-10-6-8-19-7-4-5-9-20(19)21/h4-16,26,28,32H,1-3H3/b14-12+,28-24?. The van der Waals surface area contributed by atoms with Crippen molar-refractivity contribution in [1.29, 1.82) is 5.41 Å². The number of aliphatic hydroxyl groups is 1. The lowest BCUT2D eigenvalue weighted by atomic mass is 10.0. The van der Waals surface area contributed by atoms with Crippen LogP contribution in [0.5, 0.6) is 5.75 Å². The highest BCUT2D eigenvalue weighted by Crippen LogP contribution is 2.29. The van der Waals surface area contributed by atoms with E-state index >= 15 is 0 Å². The van der Waals surface area contributed by atoms with Crippen molar-refractivity contribution in [3.8, 4) is 11.4 Å². The van der Waals surface area contributed by atoms with Crippen LogP contribution in [-0.2, 0) is 0 Å². The highest BCUT2D eigenvalue weighted by molar-refractivity contribution is 6.30. The third-order valence-electron chi connectivity index (χ3n) is 5.62. The van der Waals surface area contributed by atoms with Crippen LogP contribution in [0.2, 0.25) is 5.15 Å². The molecule has 168 valence electrons. The molecule has 0 amide bonds. The molecule has 0 aliphatic carbocycles. The van der Waals surface area contributed by atoms with Gasteiger partial charge in [0.15, 0.2) is 6.23 Å². The Kier molecular flexibility index (Phi) is 6.49. The molecular weight excluding hydrogens is 436 g/mol. The number of ether oxygens (including phenoxy) is 1. The van der Waals surface area contributed by atoms with E-state index in [1.165, 1.54) is 4.90 Å². The summed E-state index contributed by atoms with van der Waals surface area (Å²) >= 11 is 6.34. The van der Waals surface area contributed by atoms with Gasteiger partial charge in [0.25, 0.3) is 0 Å². The summed E-state index contributed by atoms with van der Waals surface area (Å²) in [6.45, 7) is 1.84. The van der Waals surface area contributed by atoms with Gasteiger partial charge in [-0.3, -0.25) is 9.98 Å². The summed E-state index contributed by atoms with van der Waals surface area (Å²) in [5.41, 5.74) is 3.12. The van der Waals surface area contributed by atoms with Gasteiger partial charge >= 0.3 is 0 Å². The van der Waals surface area contributed by atoms with Crippen LogP contribution in [0.4, 0.5) is 0 Å². The topological polar surface area (TPSA) is 74.4 Å². The highest BCUT2D eigenvalue weighted by Gasteiger charge is 2.17. The van der Waals surface area contributed by atoms with Crippen molar-refractivity contribution < 1.29 is 9.84 Å². The molecule has 33 heavy (non-hydrogen) atoms. The van der Waals surface area contributed by atoms with E-state index in [0.717, 1.165) is 33.3 Å². The first-order chi connectivity index (χ1) is 15.9. The van der Waals surface area contributed by atoms with Gasteiger partial charge in [-0.15, -0.1) is 0 Å². The summed E-state index contributed by atoms with van der Waals surface area (Å²) in [5.74, 6) is 0.805. The summed E-state index contributed by atoms with van der Waals surface area (Å²) in [4.78, 5) is 5.76. The van der Waals surface area contributed by atoms with E-state index in [1.54, 1.807) is 31.1 Å². The highest BCUT2D eigenvalue weighted by atomic mass is 35.5. The second kappa shape index (κ2) is 9.48. The van der Waals surface area contributed by atoms with Crippen LogP contribution in [-0.4, -0.2) is 39.6 Å². The molecule has 0 spiro atoms. The number of benzene rings is 3. The van der Waals surface area contributed by atoms with Crippen molar-refractivity contribution in [2.75, 3.05) is 14.2 Å². The summed E-state index contributed by atoms with van der Waals surface area (Å²) in [6.07, 6.45) is 4.17. The predicted octanol–water partition coefficient (Wildman–Crippen LogP) is 5.61. The fraction of sp³-hybridized carbons (Fsp3) is 0.154. The van der Waals surface area contributed by atoms with E-state index in [4.69, 9.17) is 21.7 Å². The molecule has 0 aliphatic heterocycles. The second-order valence-electron chi connectivity index (χ2n) is 7.69. The van der Waals surface area contributed by atoms with Crippen molar-refractivity contribution in [2.24, 2.45) is 0 Å². The number of rotatable bonds is 6. The van der Waals surface area contributed by atoms with Gasteiger partial charge in [0, 0.05) is 12.6 Å². The molecule has 0 saturated carbocycles. The van der Waals surface area contributed by atoms with Gasteiger partial charge < -0.3 is 14.7 Å². The molecule has 2 N–H and O–H groups in total. The lowest BCUT2D eigenvalue weighted by Crippen LogP contribution is -2.29. The first-order valence-corrected chi connectivity index (χ1v) is 10.8. The molecule has 7 heteroatoms. The lowest BCUT2D eigenvalue weighted by molar-refractivity contribution is 0.0708. The Morgan fingerprint density at radius 3 is 2.67 bits per heavy atom. The summed E-state index contributed by atoms with van der Waals surface area (Å²) in [5, 5.41) is 21.9. The number of aryl methyl sites for hydroxylation is 1. The minimum absolute atomic E-state index is 0.173. The largest absolute Gasteiger partial charge is 0.495 e. The fourth-order valence-corrected chi connectivity index (χ4v) is 3.88. The first kappa shape index (κ1) is 22.6. The lowest BCUT2D eigenvalue weighted by Gasteiger charge is -2.26. The van der Waals surface area contributed by atoms with E-state index in [9.17, 15) is 5.11 Å². The quantitative estimate of drug-likeness (QED) is 0.223. The molecule has 1 heterocycles. The molecule has 0 aliphatic rings. The maximum absolute atomic E-state index is 10.9. The molecule has 0 radical (unpaired) electrons. The van der Waals surface area contributed by atoms with Gasteiger partial charge in [0.05, 0.1) is 18.5 Å². The number of fused-ring (bicyclic) bond motifs is 1. The third kappa shape index (κ3) is 4.49. The van der Waals surface area contributed by atoms with Crippen molar-refractivity contribution in [1.82, 2.24) is 14.5 Å². The second-order valence-corrected chi connectivity index (χ2v) is 8.05. The third-order valence-corrected chi connectivity index (χ3v) is 6.08. The van der Waals surface area contributed by atoms with Gasteiger partial charge in [-0.05, 0) is 41.5 Å². The van der Waals surface area contributed by atoms with Crippen LogP contribution >= 0.6 is 11.6 Å². The minimum atomic E-state index is -0.947. The molecule has 4 aromatic rings. The number of aromatic nitrogens is 2. The molecule has 0 saturated heterocycles. The van der Waals surface area contributed by atoms with Crippen molar-refractivity contribution in [2.45, 2.75) is 13.2 Å². The zero-order chi connectivity index (χ0) is 23.5. The minimum Gasteiger partial charge on any atom is -0.495 e. The van der Waals surface area contributed by atoms with Crippen LogP contribution in [0, 0.1) is 12.3 Å². The van der Waals surface area contributed by atoms with E-state index < -0.39 is 6.23 Å². The molecule has 1 atom stereocenters. The number of nitrogens with zero attached hydrogens (tertiary/aromatic N) is 3. The molecule has 0 bridgehead atoms. The fourth-order valence-electron chi connectivity index (χ4n) is 3.70. The zero-order valence-corrected chi connectivity index (χ0v) is 19.4. The Labute approximate surface area is 197 Å². The van der Waals surface area contributed by atoms with Crippen LogP contribution in [0.15, 0.2) is 73.1 Å². The van der Waals surface area contributed by atoms with Gasteiger partial charge in [-0.1, -0.05) is 66.2 Å². The molecule has 4 rings (SSSR count). The number of likely N-dealkylation sites (N-methyl/N-ethyl adjacent to an activating group) is 1. The number of aliphatic hydroxyl groups excluding tert-OH is 1. The number of hydrogen-bond acceptors (Lipinski definition) is 4. The van der Waals surface area contributed by atoms with E-state index in [2.05, 4.69) is 4.98 Å². The molecule has 1 unspecified atom stereocenters. The Hall–Kier alpha value is -3.61. The van der Waals surface area contributed by atoms with Crippen LogP contribution < -0.4 is 4.74 Å². The van der Waals surface area contributed by atoms with Gasteiger partial charge in [-0.2, -0.15) is 0 Å². The average Bonchev–Trinajstić information content (AvgIpc) is 3.18. The molecule has 3 aromatic carbocycles. The van der Waals surface area contributed by atoms with Gasteiger partial charge in [-0.25, -0.2) is 4.98 Å².